The molecule has 2 N–H and O–H groups in total. The number of H-pyrrole nitrogens is 1. The number of carbonyl (C=O) groups is 1. The summed E-state index contributed by atoms with van der Waals surface area (Å²) in [7, 11) is -3.17. The maximum Gasteiger partial charge on any atom is 0.257 e. The first-order valence-corrected chi connectivity index (χ1v) is 7.60. The highest BCUT2D eigenvalue weighted by atomic mass is 32.2. The molecule has 100 valence electrons. The van der Waals surface area contributed by atoms with Crippen LogP contribution in [0.5, 0.6) is 0 Å². The van der Waals surface area contributed by atoms with E-state index in [-0.39, 0.29) is 11.9 Å². The van der Waals surface area contributed by atoms with Gasteiger partial charge in [0.2, 0.25) is 10.0 Å². The van der Waals surface area contributed by atoms with Crippen molar-refractivity contribution in [2.24, 2.45) is 0 Å². The maximum absolute atomic E-state index is 12.0. The van der Waals surface area contributed by atoms with Crippen molar-refractivity contribution in [3.63, 3.8) is 0 Å². The number of nitrogens with one attached hydrogen (secondary N) is 2. The average molecular weight is 272 g/mol. The lowest BCUT2D eigenvalue weighted by molar-refractivity contribution is 0.0711. The summed E-state index contributed by atoms with van der Waals surface area (Å²) >= 11 is 0. The first-order chi connectivity index (χ1) is 8.46. The zero-order chi connectivity index (χ0) is 13.2. The van der Waals surface area contributed by atoms with Crippen molar-refractivity contribution in [2.45, 2.75) is 18.9 Å². The molecule has 0 saturated carbocycles. The highest BCUT2D eigenvalue weighted by Gasteiger charge is 2.25. The highest BCUT2D eigenvalue weighted by molar-refractivity contribution is 7.88. The third kappa shape index (κ3) is 3.30. The summed E-state index contributed by atoms with van der Waals surface area (Å²) in [6, 6.07) is -0.0756. The van der Waals surface area contributed by atoms with Gasteiger partial charge in [-0.05, 0) is 12.8 Å². The van der Waals surface area contributed by atoms with E-state index in [0.717, 1.165) is 6.26 Å². The Hall–Kier alpha value is -1.41. The van der Waals surface area contributed by atoms with Crippen LogP contribution < -0.4 is 4.72 Å². The Morgan fingerprint density at radius 3 is 2.67 bits per heavy atom. The number of aromatic nitrogens is 2. The van der Waals surface area contributed by atoms with Gasteiger partial charge in [0.1, 0.15) is 0 Å². The lowest BCUT2D eigenvalue weighted by Crippen LogP contribution is -2.46. The van der Waals surface area contributed by atoms with Gasteiger partial charge in [0.15, 0.2) is 0 Å². The molecule has 2 rings (SSSR count). The second-order valence-corrected chi connectivity index (χ2v) is 6.22. The van der Waals surface area contributed by atoms with Crippen LogP contribution in [0.2, 0.25) is 0 Å². The highest BCUT2D eigenvalue weighted by Crippen LogP contribution is 2.13. The van der Waals surface area contributed by atoms with Crippen molar-refractivity contribution in [2.75, 3.05) is 19.3 Å². The molecular formula is C10H16N4O3S. The summed E-state index contributed by atoms with van der Waals surface area (Å²) in [5.41, 5.74) is 0.532. The number of hydrogen-bond acceptors (Lipinski definition) is 4. The van der Waals surface area contributed by atoms with Crippen LogP contribution in [-0.4, -0.2) is 54.8 Å². The van der Waals surface area contributed by atoms with Gasteiger partial charge in [-0.15, -0.1) is 0 Å². The summed E-state index contributed by atoms with van der Waals surface area (Å²) in [6.07, 6.45) is 5.47. The summed E-state index contributed by atoms with van der Waals surface area (Å²) in [5, 5.41) is 6.34. The zero-order valence-electron chi connectivity index (χ0n) is 10.1. The first-order valence-electron chi connectivity index (χ1n) is 5.71. The van der Waals surface area contributed by atoms with E-state index in [2.05, 4.69) is 14.9 Å². The standard InChI is InChI=1S/C10H16N4O3S/c1-18(16,17)13-9-2-4-14(5-3-9)10(15)8-6-11-12-7-8/h6-7,9,13H,2-5H2,1H3,(H,11,12). The molecule has 1 aromatic heterocycles. The van der Waals surface area contributed by atoms with Gasteiger partial charge in [-0.1, -0.05) is 0 Å². The number of likely N-dealkylation sites (tertiary alicyclic amines) is 1. The van der Waals surface area contributed by atoms with E-state index in [1.165, 1.54) is 6.20 Å². The zero-order valence-corrected chi connectivity index (χ0v) is 10.9. The number of nitrogens with zero attached hydrogens (tertiary/aromatic N) is 2. The molecule has 1 saturated heterocycles. The van der Waals surface area contributed by atoms with Crippen LogP contribution in [0, 0.1) is 0 Å². The van der Waals surface area contributed by atoms with Crippen molar-refractivity contribution in [3.8, 4) is 0 Å². The number of rotatable bonds is 3. The van der Waals surface area contributed by atoms with E-state index in [1.54, 1.807) is 11.1 Å². The second-order valence-electron chi connectivity index (χ2n) is 4.44. The van der Waals surface area contributed by atoms with E-state index in [4.69, 9.17) is 0 Å². The van der Waals surface area contributed by atoms with Gasteiger partial charge in [0.25, 0.3) is 5.91 Å². The Bertz CT molecular complexity index is 503. The SMILES string of the molecule is CS(=O)(=O)NC1CCN(C(=O)c2cn[nH]c2)CC1. The molecule has 0 spiro atoms. The van der Waals surface area contributed by atoms with Crippen LogP contribution in [0.25, 0.3) is 0 Å². The molecule has 1 aliphatic heterocycles. The third-order valence-corrected chi connectivity index (χ3v) is 3.67. The van der Waals surface area contributed by atoms with Crippen molar-refractivity contribution in [1.82, 2.24) is 19.8 Å². The fourth-order valence-corrected chi connectivity index (χ4v) is 2.89. The molecule has 0 aliphatic carbocycles. The van der Waals surface area contributed by atoms with Crippen LogP contribution >= 0.6 is 0 Å². The predicted molar refractivity (Wildman–Crippen MR) is 65.5 cm³/mol. The average Bonchev–Trinajstić information content (AvgIpc) is 2.80. The molecule has 0 bridgehead atoms. The van der Waals surface area contributed by atoms with Gasteiger partial charge in [-0.3, -0.25) is 9.89 Å². The monoisotopic (exact) mass is 272 g/mol. The molecule has 0 atom stereocenters. The minimum Gasteiger partial charge on any atom is -0.338 e. The van der Waals surface area contributed by atoms with E-state index in [0.29, 0.717) is 31.5 Å². The molecular weight excluding hydrogens is 256 g/mol. The van der Waals surface area contributed by atoms with Crippen molar-refractivity contribution >= 4 is 15.9 Å². The molecule has 18 heavy (non-hydrogen) atoms. The van der Waals surface area contributed by atoms with Crippen LogP contribution in [0.3, 0.4) is 0 Å². The van der Waals surface area contributed by atoms with Crippen LogP contribution in [0.4, 0.5) is 0 Å². The minimum atomic E-state index is -3.17. The summed E-state index contributed by atoms with van der Waals surface area (Å²) in [4.78, 5) is 13.7. The smallest absolute Gasteiger partial charge is 0.257 e. The number of hydrogen-bond donors (Lipinski definition) is 2. The predicted octanol–water partition coefficient (Wildman–Crippen LogP) is -0.436. The number of piperidine rings is 1. The Morgan fingerprint density at radius 2 is 2.17 bits per heavy atom. The lowest BCUT2D eigenvalue weighted by atomic mass is 10.1. The van der Waals surface area contributed by atoms with Gasteiger partial charge in [-0.25, -0.2) is 13.1 Å². The summed E-state index contributed by atoms with van der Waals surface area (Å²) in [5.74, 6) is -0.0680. The molecule has 7 nitrogen and oxygen atoms in total. The normalized spacial score (nSPS) is 17.9. The Morgan fingerprint density at radius 1 is 1.50 bits per heavy atom. The molecule has 1 aliphatic rings. The topological polar surface area (TPSA) is 95.2 Å². The van der Waals surface area contributed by atoms with Gasteiger partial charge < -0.3 is 4.90 Å². The van der Waals surface area contributed by atoms with E-state index < -0.39 is 10.0 Å². The van der Waals surface area contributed by atoms with Gasteiger partial charge in [0, 0.05) is 25.3 Å². The molecule has 0 radical (unpaired) electrons. The Kier molecular flexibility index (Phi) is 3.67. The van der Waals surface area contributed by atoms with Crippen molar-refractivity contribution in [3.05, 3.63) is 18.0 Å². The lowest BCUT2D eigenvalue weighted by Gasteiger charge is -2.31. The number of carbonyl (C=O) groups excluding carboxylic acids is 1. The molecule has 2 heterocycles. The number of aromatic amines is 1. The third-order valence-electron chi connectivity index (χ3n) is 2.91. The molecule has 8 heteroatoms. The molecule has 0 unspecified atom stereocenters. The fraction of sp³-hybridized carbons (Fsp3) is 0.600. The second kappa shape index (κ2) is 5.07. The quantitative estimate of drug-likeness (QED) is 0.780. The van der Waals surface area contributed by atoms with Crippen molar-refractivity contribution in [1.29, 1.82) is 0 Å². The minimum absolute atomic E-state index is 0.0680. The van der Waals surface area contributed by atoms with Gasteiger partial charge >= 0.3 is 0 Å². The van der Waals surface area contributed by atoms with E-state index in [1.807, 2.05) is 0 Å². The molecule has 0 aromatic carbocycles. The van der Waals surface area contributed by atoms with E-state index in [9.17, 15) is 13.2 Å². The summed E-state index contributed by atoms with van der Waals surface area (Å²) in [6.45, 7) is 1.11. The number of sulfonamides is 1. The van der Waals surface area contributed by atoms with Crippen LogP contribution in [0.15, 0.2) is 12.4 Å². The van der Waals surface area contributed by atoms with Crippen LogP contribution in [0.1, 0.15) is 23.2 Å². The first kappa shape index (κ1) is 13.0. The van der Waals surface area contributed by atoms with Crippen LogP contribution in [-0.2, 0) is 10.0 Å². The summed E-state index contributed by atoms with van der Waals surface area (Å²) < 4.78 is 24.8. The number of amides is 1. The maximum atomic E-state index is 12.0. The van der Waals surface area contributed by atoms with E-state index >= 15 is 0 Å². The fourth-order valence-electron chi connectivity index (χ4n) is 2.05. The Labute approximate surface area is 106 Å². The van der Waals surface area contributed by atoms with Gasteiger partial charge in [-0.2, -0.15) is 5.10 Å². The van der Waals surface area contributed by atoms with Crippen molar-refractivity contribution < 1.29 is 13.2 Å². The molecule has 1 fully saturated rings. The van der Waals surface area contributed by atoms with Gasteiger partial charge in [0.05, 0.1) is 18.0 Å². The largest absolute Gasteiger partial charge is 0.338 e. The Balaban J connectivity index is 1.89. The molecule has 1 amide bonds. The molecule has 1 aromatic rings.